The monoisotopic (exact) mass is 548 g/mol. The zero-order chi connectivity index (χ0) is 28.3. The summed E-state index contributed by atoms with van der Waals surface area (Å²) in [5, 5.41) is 13.7. The van der Waals surface area contributed by atoms with Gasteiger partial charge in [-0.3, -0.25) is 9.69 Å². The molecule has 0 bridgehead atoms. The molecule has 0 aliphatic heterocycles. The molecule has 8 nitrogen and oxygen atoms in total. The number of halogens is 1. The van der Waals surface area contributed by atoms with Gasteiger partial charge in [-0.25, -0.2) is 9.07 Å². The minimum atomic E-state index is -0.634. The van der Waals surface area contributed by atoms with Crippen LogP contribution in [0.3, 0.4) is 0 Å². The van der Waals surface area contributed by atoms with Gasteiger partial charge in [-0.05, 0) is 94.4 Å². The van der Waals surface area contributed by atoms with E-state index in [0.29, 0.717) is 31.0 Å². The number of aromatic nitrogens is 5. The lowest BCUT2D eigenvalue weighted by atomic mass is 10.00. The standard InChI is InChI=1S/C32H29FN6O2/c1-21-15-25-17-28(32(40)34-29(25)16-22(21)2)30(31-35-36-37-39(31)19-24-10-12-26(33)13-11-24)38(20-27-9-6-14-41-27)18-23-7-4-3-5-8-23/h3-17,30H,18-20H2,1-2H3,(H,34,40)/t30-/m1/s1. The van der Waals surface area contributed by atoms with Crippen LogP contribution in [0.2, 0.25) is 0 Å². The average molecular weight is 549 g/mol. The largest absolute Gasteiger partial charge is 0.468 e. The maximum atomic E-state index is 13.8. The minimum absolute atomic E-state index is 0.223. The van der Waals surface area contributed by atoms with E-state index in [1.165, 1.54) is 12.1 Å². The normalized spacial score (nSPS) is 12.3. The van der Waals surface area contributed by atoms with Crippen molar-refractivity contribution in [2.45, 2.75) is 39.5 Å². The Morgan fingerprint density at radius 1 is 0.927 bits per heavy atom. The topological polar surface area (TPSA) is 92.8 Å². The zero-order valence-corrected chi connectivity index (χ0v) is 22.8. The van der Waals surface area contributed by atoms with Crippen LogP contribution in [-0.2, 0) is 19.6 Å². The van der Waals surface area contributed by atoms with Gasteiger partial charge in [-0.2, -0.15) is 0 Å². The summed E-state index contributed by atoms with van der Waals surface area (Å²) >= 11 is 0. The molecule has 0 fully saturated rings. The number of nitrogens with zero attached hydrogens (tertiary/aromatic N) is 5. The molecule has 0 saturated heterocycles. The number of pyridine rings is 1. The minimum Gasteiger partial charge on any atom is -0.468 e. The Hall–Kier alpha value is -4.89. The molecule has 9 heteroatoms. The maximum absolute atomic E-state index is 13.8. The van der Waals surface area contributed by atoms with E-state index in [0.717, 1.165) is 38.9 Å². The Labute approximate surface area is 236 Å². The Morgan fingerprint density at radius 2 is 1.71 bits per heavy atom. The summed E-state index contributed by atoms with van der Waals surface area (Å²) in [5.41, 5.74) is 5.18. The summed E-state index contributed by atoms with van der Waals surface area (Å²) in [6.45, 7) is 5.29. The first kappa shape index (κ1) is 26.3. The second-order valence-corrected chi connectivity index (χ2v) is 10.3. The molecule has 1 atom stereocenters. The molecule has 0 amide bonds. The van der Waals surface area contributed by atoms with Crippen LogP contribution in [0, 0.1) is 19.7 Å². The molecule has 206 valence electrons. The van der Waals surface area contributed by atoms with E-state index >= 15 is 0 Å². The van der Waals surface area contributed by atoms with Gasteiger partial charge >= 0.3 is 0 Å². The van der Waals surface area contributed by atoms with Crippen LogP contribution in [0.25, 0.3) is 10.9 Å². The predicted octanol–water partition coefficient (Wildman–Crippen LogP) is 5.70. The predicted molar refractivity (Wildman–Crippen MR) is 154 cm³/mol. The van der Waals surface area contributed by atoms with Crippen molar-refractivity contribution in [1.82, 2.24) is 30.1 Å². The van der Waals surface area contributed by atoms with E-state index in [4.69, 9.17) is 4.42 Å². The summed E-state index contributed by atoms with van der Waals surface area (Å²) in [5.74, 6) is 0.918. The summed E-state index contributed by atoms with van der Waals surface area (Å²) in [7, 11) is 0. The van der Waals surface area contributed by atoms with Gasteiger partial charge in [0, 0.05) is 17.6 Å². The van der Waals surface area contributed by atoms with Crippen LogP contribution in [-0.4, -0.2) is 30.1 Å². The molecule has 0 unspecified atom stereocenters. The van der Waals surface area contributed by atoms with Crippen molar-refractivity contribution in [2.75, 3.05) is 0 Å². The first-order chi connectivity index (χ1) is 19.9. The van der Waals surface area contributed by atoms with Crippen LogP contribution >= 0.6 is 0 Å². The summed E-state index contributed by atoms with van der Waals surface area (Å²) in [6, 6.07) is 25.4. The van der Waals surface area contributed by atoms with E-state index in [1.807, 2.05) is 61.5 Å². The van der Waals surface area contributed by atoms with Crippen LogP contribution in [0.5, 0.6) is 0 Å². The highest BCUT2D eigenvalue weighted by molar-refractivity contribution is 5.81. The molecule has 1 N–H and O–H groups in total. The van der Waals surface area contributed by atoms with Crippen molar-refractivity contribution in [1.29, 1.82) is 0 Å². The number of H-pyrrole nitrogens is 1. The van der Waals surface area contributed by atoms with Crippen molar-refractivity contribution in [3.63, 3.8) is 0 Å². The maximum Gasteiger partial charge on any atom is 0.253 e. The van der Waals surface area contributed by atoms with Gasteiger partial charge in [0.2, 0.25) is 0 Å². The number of furan rings is 1. The van der Waals surface area contributed by atoms with Gasteiger partial charge in [-0.1, -0.05) is 42.5 Å². The molecular formula is C32H29FN6O2. The summed E-state index contributed by atoms with van der Waals surface area (Å²) in [4.78, 5) is 19.0. The number of aromatic amines is 1. The molecule has 3 aromatic carbocycles. The van der Waals surface area contributed by atoms with Crippen molar-refractivity contribution in [3.8, 4) is 0 Å². The van der Waals surface area contributed by atoms with Crippen molar-refractivity contribution in [3.05, 3.63) is 147 Å². The van der Waals surface area contributed by atoms with Crippen molar-refractivity contribution >= 4 is 10.9 Å². The second kappa shape index (κ2) is 11.3. The third-order valence-corrected chi connectivity index (χ3v) is 7.36. The van der Waals surface area contributed by atoms with Crippen LogP contribution in [0.15, 0.2) is 100 Å². The Kier molecular flexibility index (Phi) is 7.26. The van der Waals surface area contributed by atoms with Crippen LogP contribution in [0.4, 0.5) is 4.39 Å². The van der Waals surface area contributed by atoms with Gasteiger partial charge in [0.1, 0.15) is 17.6 Å². The number of rotatable bonds is 9. The smallest absolute Gasteiger partial charge is 0.253 e. The highest BCUT2D eigenvalue weighted by Crippen LogP contribution is 2.31. The molecule has 0 aliphatic rings. The third kappa shape index (κ3) is 5.71. The molecule has 0 radical (unpaired) electrons. The van der Waals surface area contributed by atoms with E-state index in [2.05, 4.69) is 38.4 Å². The number of tetrazole rings is 1. The summed E-state index contributed by atoms with van der Waals surface area (Å²) in [6.07, 6.45) is 1.64. The Balaban J connectivity index is 1.52. The molecule has 0 spiro atoms. The number of aryl methyl sites for hydroxylation is 2. The fraction of sp³-hybridized carbons (Fsp3) is 0.188. The van der Waals surface area contributed by atoms with Crippen molar-refractivity contribution in [2.24, 2.45) is 0 Å². The van der Waals surface area contributed by atoms with Gasteiger partial charge in [0.25, 0.3) is 5.56 Å². The zero-order valence-electron chi connectivity index (χ0n) is 22.8. The number of hydrogen-bond donors (Lipinski definition) is 1. The van der Waals surface area contributed by atoms with Gasteiger partial charge in [0.05, 0.1) is 19.4 Å². The van der Waals surface area contributed by atoms with Gasteiger partial charge in [-0.15, -0.1) is 5.10 Å². The van der Waals surface area contributed by atoms with Crippen LogP contribution < -0.4 is 5.56 Å². The number of hydrogen-bond acceptors (Lipinski definition) is 6. The lowest BCUT2D eigenvalue weighted by molar-refractivity contribution is 0.179. The quantitative estimate of drug-likeness (QED) is 0.249. The molecule has 41 heavy (non-hydrogen) atoms. The molecule has 0 aliphatic carbocycles. The number of fused-ring (bicyclic) bond motifs is 1. The number of nitrogens with one attached hydrogen (secondary N) is 1. The first-order valence-corrected chi connectivity index (χ1v) is 13.4. The molecule has 3 aromatic heterocycles. The second-order valence-electron chi connectivity index (χ2n) is 10.3. The average Bonchev–Trinajstić information content (AvgIpc) is 3.65. The molecule has 6 rings (SSSR count). The SMILES string of the molecule is Cc1cc2cc([C@H](c3nnnn3Cc3ccc(F)cc3)N(Cc3ccccc3)Cc3ccco3)c(=O)[nH]c2cc1C. The van der Waals surface area contributed by atoms with Gasteiger partial charge < -0.3 is 9.40 Å². The van der Waals surface area contributed by atoms with E-state index in [9.17, 15) is 9.18 Å². The third-order valence-electron chi connectivity index (χ3n) is 7.36. The van der Waals surface area contributed by atoms with Crippen molar-refractivity contribution < 1.29 is 8.81 Å². The summed E-state index contributed by atoms with van der Waals surface area (Å²) < 4.78 is 21.0. The molecular weight excluding hydrogens is 519 g/mol. The Morgan fingerprint density at radius 3 is 2.46 bits per heavy atom. The highest BCUT2D eigenvalue weighted by atomic mass is 19.1. The Bertz CT molecular complexity index is 1830. The fourth-order valence-corrected chi connectivity index (χ4v) is 5.14. The molecule has 6 aromatic rings. The number of benzene rings is 3. The van der Waals surface area contributed by atoms with E-state index in [1.54, 1.807) is 23.1 Å². The van der Waals surface area contributed by atoms with Crippen LogP contribution in [0.1, 0.15) is 45.4 Å². The lowest BCUT2D eigenvalue weighted by Crippen LogP contribution is -2.34. The lowest BCUT2D eigenvalue weighted by Gasteiger charge is -2.30. The van der Waals surface area contributed by atoms with E-state index < -0.39 is 6.04 Å². The van der Waals surface area contributed by atoms with Gasteiger partial charge in [0.15, 0.2) is 5.82 Å². The molecule has 0 saturated carbocycles. The first-order valence-electron chi connectivity index (χ1n) is 13.4. The fourth-order valence-electron chi connectivity index (χ4n) is 5.14. The van der Waals surface area contributed by atoms with E-state index in [-0.39, 0.29) is 11.4 Å². The molecule has 3 heterocycles. The highest BCUT2D eigenvalue weighted by Gasteiger charge is 2.31.